The highest BCUT2D eigenvalue weighted by Crippen LogP contribution is 2.06. The van der Waals surface area contributed by atoms with Crippen LogP contribution in [0.1, 0.15) is 20.8 Å². The second-order valence-corrected chi connectivity index (χ2v) is 3.05. The van der Waals surface area contributed by atoms with Gasteiger partial charge in [0, 0.05) is 12.8 Å². The van der Waals surface area contributed by atoms with E-state index in [0.717, 1.165) is 0 Å². The maximum Gasteiger partial charge on any atom is 0.317 e. The zero-order valence-corrected chi connectivity index (χ0v) is 7.69. The molecule has 0 aliphatic carbocycles. The van der Waals surface area contributed by atoms with Crippen LogP contribution < -0.4 is 0 Å². The Morgan fingerprint density at radius 3 is 2.83 bits per heavy atom. The van der Waals surface area contributed by atoms with Crippen molar-refractivity contribution in [1.82, 2.24) is 14.9 Å². The maximum atomic E-state index is 5.46. The highest BCUT2D eigenvalue weighted by Gasteiger charge is 2.21. The normalized spacial score (nSPS) is 11.6. The van der Waals surface area contributed by atoms with Crippen LogP contribution in [0.5, 0.6) is 0 Å². The molecular weight excluding hydrogens is 153 g/mol. The molecule has 0 aromatic carbocycles. The van der Waals surface area contributed by atoms with E-state index in [1.54, 1.807) is 17.0 Å². The molecule has 0 unspecified atom stereocenters. The molecule has 0 saturated carbocycles. The third-order valence-electron chi connectivity index (χ3n) is 1.40. The van der Waals surface area contributed by atoms with E-state index in [2.05, 4.69) is 10.3 Å². The van der Waals surface area contributed by atoms with Gasteiger partial charge in [-0.2, -0.15) is 0 Å². The monoisotopic (exact) mass is 166 g/mol. The third kappa shape index (κ3) is 2.66. The van der Waals surface area contributed by atoms with Gasteiger partial charge in [-0.05, 0) is 20.8 Å². The van der Waals surface area contributed by atoms with Crippen molar-refractivity contribution in [2.75, 3.05) is 6.61 Å². The Labute approximate surface area is 73.2 Å². The summed E-state index contributed by atoms with van der Waals surface area (Å²) in [7, 11) is 1.88. The largest absolute Gasteiger partial charge is 0.382 e. The van der Waals surface area contributed by atoms with Gasteiger partial charge in [0.25, 0.3) is 0 Å². The summed E-state index contributed by atoms with van der Waals surface area (Å²) in [6.07, 6.45) is 3.42. The lowest BCUT2D eigenvalue weighted by Crippen LogP contribution is -2.37. The molecule has 0 fully saturated rings. The first-order chi connectivity index (χ1) is 5.64. The minimum absolute atomic E-state index is 0.289. The smallest absolute Gasteiger partial charge is 0.317 e. The SMILES string of the molecule is CCOC(C)(C)[B]n1ccnn1. The Balaban J connectivity index is 2.50. The fraction of sp³-hybridized carbons (Fsp3) is 0.714. The van der Waals surface area contributed by atoms with Crippen LogP contribution in [0.2, 0.25) is 0 Å². The van der Waals surface area contributed by atoms with Crippen molar-refractivity contribution in [2.24, 2.45) is 0 Å². The zero-order valence-electron chi connectivity index (χ0n) is 7.69. The molecule has 0 aliphatic heterocycles. The fourth-order valence-corrected chi connectivity index (χ4v) is 1.01. The Morgan fingerprint density at radius 2 is 2.33 bits per heavy atom. The van der Waals surface area contributed by atoms with Crippen LogP contribution >= 0.6 is 0 Å². The molecule has 0 N–H and O–H groups in total. The Bertz CT molecular complexity index is 223. The molecule has 65 valence electrons. The molecule has 12 heavy (non-hydrogen) atoms. The standard InChI is InChI=1S/C7H13BN3O/c1-4-12-7(2,3)8-11-6-5-9-10-11/h5-6H,4H2,1-3H3. The molecule has 1 radical (unpaired) electrons. The first-order valence-electron chi connectivity index (χ1n) is 4.00. The van der Waals surface area contributed by atoms with Crippen molar-refractivity contribution in [3.8, 4) is 0 Å². The van der Waals surface area contributed by atoms with Gasteiger partial charge in [-0.1, -0.05) is 5.21 Å². The van der Waals surface area contributed by atoms with Gasteiger partial charge in [0.15, 0.2) is 0 Å². The van der Waals surface area contributed by atoms with Gasteiger partial charge in [-0.15, -0.1) is 5.10 Å². The lowest BCUT2D eigenvalue weighted by atomic mass is 9.73. The van der Waals surface area contributed by atoms with Crippen LogP contribution in [0.25, 0.3) is 0 Å². The summed E-state index contributed by atoms with van der Waals surface area (Å²) in [4.78, 5) is 0. The summed E-state index contributed by atoms with van der Waals surface area (Å²) < 4.78 is 7.11. The molecule has 1 rings (SSSR count). The van der Waals surface area contributed by atoms with E-state index in [-0.39, 0.29) is 5.50 Å². The van der Waals surface area contributed by atoms with Gasteiger partial charge in [-0.3, -0.25) is 0 Å². The first kappa shape index (κ1) is 9.25. The van der Waals surface area contributed by atoms with Crippen molar-refractivity contribution >= 4 is 7.41 Å². The predicted molar refractivity (Wildman–Crippen MR) is 46.9 cm³/mol. The van der Waals surface area contributed by atoms with E-state index >= 15 is 0 Å². The minimum atomic E-state index is -0.289. The van der Waals surface area contributed by atoms with Crippen molar-refractivity contribution in [2.45, 2.75) is 26.3 Å². The van der Waals surface area contributed by atoms with Crippen LogP contribution in [0.15, 0.2) is 12.4 Å². The summed E-state index contributed by atoms with van der Waals surface area (Å²) >= 11 is 0. The average molecular weight is 166 g/mol. The van der Waals surface area contributed by atoms with Crippen molar-refractivity contribution in [3.63, 3.8) is 0 Å². The van der Waals surface area contributed by atoms with E-state index in [1.807, 2.05) is 28.2 Å². The van der Waals surface area contributed by atoms with Gasteiger partial charge in [0.05, 0.1) is 11.7 Å². The molecule has 0 atom stereocenters. The van der Waals surface area contributed by atoms with Crippen molar-refractivity contribution in [1.29, 1.82) is 0 Å². The molecule has 0 amide bonds. The minimum Gasteiger partial charge on any atom is -0.382 e. The first-order valence-corrected chi connectivity index (χ1v) is 4.00. The van der Waals surface area contributed by atoms with E-state index in [9.17, 15) is 0 Å². The molecule has 1 aromatic rings. The molecule has 0 saturated heterocycles. The van der Waals surface area contributed by atoms with Crippen molar-refractivity contribution in [3.05, 3.63) is 12.4 Å². The van der Waals surface area contributed by atoms with E-state index in [1.165, 1.54) is 0 Å². The van der Waals surface area contributed by atoms with Gasteiger partial charge < -0.3 is 9.33 Å². The maximum absolute atomic E-state index is 5.46. The summed E-state index contributed by atoms with van der Waals surface area (Å²) in [5, 5.41) is 7.51. The van der Waals surface area contributed by atoms with Gasteiger partial charge in [0.1, 0.15) is 0 Å². The summed E-state index contributed by atoms with van der Waals surface area (Å²) in [6.45, 7) is 6.63. The van der Waals surface area contributed by atoms with Crippen LogP contribution in [0, 0.1) is 0 Å². The Kier molecular flexibility index (Phi) is 2.86. The molecule has 1 heterocycles. The number of ether oxygens (including phenoxy) is 1. The van der Waals surface area contributed by atoms with E-state index in [4.69, 9.17) is 4.74 Å². The third-order valence-corrected chi connectivity index (χ3v) is 1.40. The number of nitrogens with zero attached hydrogens (tertiary/aromatic N) is 3. The second kappa shape index (κ2) is 3.71. The van der Waals surface area contributed by atoms with Crippen LogP contribution in [0.4, 0.5) is 0 Å². The van der Waals surface area contributed by atoms with Crippen LogP contribution in [-0.2, 0) is 4.74 Å². The Morgan fingerprint density at radius 1 is 1.58 bits per heavy atom. The molecular formula is C7H13BN3O. The molecule has 0 spiro atoms. The van der Waals surface area contributed by atoms with Gasteiger partial charge >= 0.3 is 7.41 Å². The number of hydrogen-bond donors (Lipinski definition) is 0. The quantitative estimate of drug-likeness (QED) is 0.612. The predicted octanol–water partition coefficient (Wildman–Crippen LogP) is 0.518. The summed E-state index contributed by atoms with van der Waals surface area (Å²) in [5.41, 5.74) is -0.289. The number of rotatable bonds is 4. The average Bonchev–Trinajstić information content (AvgIpc) is 2.38. The number of hydrogen-bond acceptors (Lipinski definition) is 3. The molecule has 4 nitrogen and oxygen atoms in total. The highest BCUT2D eigenvalue weighted by molar-refractivity contribution is 6.37. The summed E-state index contributed by atoms with van der Waals surface area (Å²) in [5.74, 6) is 0. The summed E-state index contributed by atoms with van der Waals surface area (Å²) in [6, 6.07) is 0. The molecule has 5 heteroatoms. The van der Waals surface area contributed by atoms with Gasteiger partial charge in [0.2, 0.25) is 0 Å². The lowest BCUT2D eigenvalue weighted by molar-refractivity contribution is 0.0510. The molecule has 0 bridgehead atoms. The topological polar surface area (TPSA) is 39.9 Å². The van der Waals surface area contributed by atoms with Crippen LogP contribution in [-0.4, -0.2) is 34.4 Å². The van der Waals surface area contributed by atoms with Crippen molar-refractivity contribution < 1.29 is 4.74 Å². The van der Waals surface area contributed by atoms with Crippen LogP contribution in [0.3, 0.4) is 0 Å². The number of aromatic nitrogens is 3. The fourth-order valence-electron chi connectivity index (χ4n) is 1.01. The zero-order chi connectivity index (χ0) is 9.03. The highest BCUT2D eigenvalue weighted by atomic mass is 16.5. The Hall–Kier alpha value is -0.835. The lowest BCUT2D eigenvalue weighted by Gasteiger charge is -2.22. The van der Waals surface area contributed by atoms with Gasteiger partial charge in [-0.25, -0.2) is 0 Å². The molecule has 0 aliphatic rings. The molecule has 1 aromatic heterocycles. The van der Waals surface area contributed by atoms with E-state index < -0.39 is 0 Å². The van der Waals surface area contributed by atoms with E-state index in [0.29, 0.717) is 6.61 Å². The second-order valence-electron chi connectivity index (χ2n) is 3.05.